The van der Waals surface area contributed by atoms with E-state index in [1.807, 2.05) is 6.08 Å². The van der Waals surface area contributed by atoms with Crippen molar-refractivity contribution in [3.8, 4) is 0 Å². The standard InChI is InChI=1S/C76H127NO18/c1-3-5-7-9-11-13-15-17-19-21-23-25-27-28-29-30-32-34-36-38-40-42-44-46-48-50-52-54-64(82)77-59(60(81)53-51-49-47-45-43-41-39-37-35-33-31-26-24-22-20-18-16-14-12-10-8-6-4-2)58-90-74-70(88)67(85)72(62(56-79)92-74)95-76-71(89)68(86)73(63(57-80)93-76)94-75-69(87)66(84)65(83)61(55-78)91-75/h5,7,11,13,17,19,23,25,28-29,32,34,38,40,43-46,51,53,59-63,65-76,78-81,83-89H,3-4,6,8-10,12,14-16,18,20-22,24,26-27,30-31,33,35-37,39,41-42,47-50,52,54-58H2,1-2H3,(H,77,82)/b7-5-,13-11-,19-17-,25-23-,29-28-,34-32-,40-38-,45-43+,46-44-,53-51+. The maximum Gasteiger partial charge on any atom is 0.220 e. The molecule has 19 nitrogen and oxygen atoms in total. The lowest BCUT2D eigenvalue weighted by molar-refractivity contribution is -0.379. The maximum absolute atomic E-state index is 13.4. The summed E-state index contributed by atoms with van der Waals surface area (Å²) in [5, 5.41) is 121. The van der Waals surface area contributed by atoms with Gasteiger partial charge in [-0.25, -0.2) is 0 Å². The van der Waals surface area contributed by atoms with Gasteiger partial charge in [-0.3, -0.25) is 4.79 Å². The van der Waals surface area contributed by atoms with E-state index in [0.29, 0.717) is 12.8 Å². The number of rotatable bonds is 54. The third kappa shape index (κ3) is 37.3. The predicted molar refractivity (Wildman–Crippen MR) is 373 cm³/mol. The van der Waals surface area contributed by atoms with Crippen molar-refractivity contribution in [3.63, 3.8) is 0 Å². The molecule has 0 radical (unpaired) electrons. The van der Waals surface area contributed by atoms with Crippen LogP contribution in [0.1, 0.15) is 219 Å². The van der Waals surface area contributed by atoms with Crippen LogP contribution < -0.4 is 5.32 Å². The minimum absolute atomic E-state index is 0.172. The Morgan fingerprint density at radius 2 is 0.737 bits per heavy atom. The highest BCUT2D eigenvalue weighted by Gasteiger charge is 2.53. The van der Waals surface area contributed by atoms with E-state index in [4.69, 9.17) is 28.4 Å². The number of allylic oxidation sites excluding steroid dienone is 19. The molecule has 95 heavy (non-hydrogen) atoms. The zero-order valence-electron chi connectivity index (χ0n) is 57.6. The number of amides is 1. The van der Waals surface area contributed by atoms with Gasteiger partial charge in [-0.05, 0) is 96.3 Å². The summed E-state index contributed by atoms with van der Waals surface area (Å²) < 4.78 is 34.3. The molecular weight excluding hydrogens is 1210 g/mol. The number of nitrogens with one attached hydrogen (secondary N) is 1. The van der Waals surface area contributed by atoms with E-state index < -0.39 is 131 Å². The number of carbonyl (C=O) groups is 1. The van der Waals surface area contributed by atoms with Gasteiger partial charge in [0.25, 0.3) is 0 Å². The van der Waals surface area contributed by atoms with Gasteiger partial charge < -0.3 is 89.9 Å². The molecule has 3 aliphatic rings. The molecule has 0 aromatic heterocycles. The van der Waals surface area contributed by atoms with Gasteiger partial charge in [0.05, 0.1) is 38.6 Å². The average Bonchev–Trinajstić information content (AvgIpc) is 0.787. The van der Waals surface area contributed by atoms with Crippen molar-refractivity contribution >= 4 is 5.91 Å². The smallest absolute Gasteiger partial charge is 0.220 e. The van der Waals surface area contributed by atoms with Gasteiger partial charge in [0, 0.05) is 6.42 Å². The number of unbranched alkanes of at least 4 members (excludes halogenated alkanes) is 20. The van der Waals surface area contributed by atoms with Crippen molar-refractivity contribution < 1.29 is 89.4 Å². The van der Waals surface area contributed by atoms with Crippen LogP contribution in [0.5, 0.6) is 0 Å². The third-order valence-electron chi connectivity index (χ3n) is 17.2. The predicted octanol–water partition coefficient (Wildman–Crippen LogP) is 10.4. The molecular formula is C76H127NO18. The Bertz CT molecular complexity index is 2190. The lowest BCUT2D eigenvalue weighted by Crippen LogP contribution is -2.66. The van der Waals surface area contributed by atoms with Gasteiger partial charge in [0.1, 0.15) is 73.2 Å². The van der Waals surface area contributed by atoms with Crippen LogP contribution in [0.3, 0.4) is 0 Å². The molecule has 3 rings (SSSR count). The summed E-state index contributed by atoms with van der Waals surface area (Å²) in [4.78, 5) is 13.4. The van der Waals surface area contributed by atoms with Crippen LogP contribution in [-0.2, 0) is 33.2 Å². The Morgan fingerprint density at radius 1 is 0.389 bits per heavy atom. The molecule has 0 aromatic carbocycles. The SMILES string of the molecule is CC/C=C\C/C=C\C/C=C\C/C=C\C/C=C\C/C=C\C/C=C\C/C=C\CCCCC(=O)NC(COC1OC(CO)C(OC2OC(CO)C(OC3OC(CO)C(O)C(O)C3O)C(O)C2O)C(O)C1O)C(O)/C=C/CC/C=C/CCCCCCCCCCCCCCCCCCC. The maximum atomic E-state index is 13.4. The molecule has 0 saturated carbocycles. The topological polar surface area (TPSA) is 307 Å². The van der Waals surface area contributed by atoms with E-state index in [-0.39, 0.29) is 12.3 Å². The van der Waals surface area contributed by atoms with Crippen LogP contribution in [0.15, 0.2) is 122 Å². The highest BCUT2D eigenvalue weighted by Crippen LogP contribution is 2.33. The Balaban J connectivity index is 1.46. The number of hydrogen-bond acceptors (Lipinski definition) is 18. The molecule has 544 valence electrons. The summed E-state index contributed by atoms with van der Waals surface area (Å²) in [6.07, 6.45) is 50.3. The Labute approximate surface area is 569 Å². The van der Waals surface area contributed by atoms with E-state index in [1.54, 1.807) is 6.08 Å². The summed E-state index contributed by atoms with van der Waals surface area (Å²) in [5.41, 5.74) is 0. The molecule has 0 aliphatic carbocycles. The van der Waals surface area contributed by atoms with Crippen molar-refractivity contribution in [3.05, 3.63) is 122 Å². The molecule has 17 atom stereocenters. The molecule has 1 amide bonds. The molecule has 19 heteroatoms. The number of aliphatic hydroxyl groups excluding tert-OH is 11. The molecule has 0 spiro atoms. The van der Waals surface area contributed by atoms with Crippen molar-refractivity contribution in [1.82, 2.24) is 5.32 Å². The Hall–Kier alpha value is -3.81. The fraction of sp³-hybridized carbons (Fsp3) is 0.724. The fourth-order valence-electron chi connectivity index (χ4n) is 11.4. The van der Waals surface area contributed by atoms with Crippen molar-refractivity contribution in [2.75, 3.05) is 26.4 Å². The largest absolute Gasteiger partial charge is 0.394 e. The molecule has 3 saturated heterocycles. The lowest BCUT2D eigenvalue weighted by Gasteiger charge is -2.48. The van der Waals surface area contributed by atoms with E-state index in [2.05, 4.69) is 129 Å². The first-order chi connectivity index (χ1) is 46.3. The first kappa shape index (κ1) is 85.4. The zero-order valence-corrected chi connectivity index (χ0v) is 57.6. The normalized spacial score (nSPS) is 27.9. The summed E-state index contributed by atoms with van der Waals surface area (Å²) in [6.45, 7) is 1.56. The summed E-state index contributed by atoms with van der Waals surface area (Å²) >= 11 is 0. The van der Waals surface area contributed by atoms with Gasteiger partial charge in [-0.15, -0.1) is 0 Å². The van der Waals surface area contributed by atoms with Gasteiger partial charge in [-0.1, -0.05) is 238 Å². The minimum Gasteiger partial charge on any atom is -0.394 e. The van der Waals surface area contributed by atoms with E-state index in [0.717, 1.165) is 83.5 Å². The van der Waals surface area contributed by atoms with Crippen LogP contribution in [0.4, 0.5) is 0 Å². The molecule has 0 bridgehead atoms. The second-order valence-corrected chi connectivity index (χ2v) is 25.3. The zero-order chi connectivity index (χ0) is 68.9. The second kappa shape index (κ2) is 56.0. The quantitative estimate of drug-likeness (QED) is 0.0199. The van der Waals surface area contributed by atoms with Crippen LogP contribution in [0.25, 0.3) is 0 Å². The molecule has 12 N–H and O–H groups in total. The Kier molecular flexibility index (Phi) is 50.3. The van der Waals surface area contributed by atoms with E-state index in [9.17, 15) is 61.0 Å². The number of hydrogen-bond donors (Lipinski definition) is 12. The molecule has 0 aromatic rings. The summed E-state index contributed by atoms with van der Waals surface area (Å²) in [6, 6.07) is -1.02. The van der Waals surface area contributed by atoms with Crippen LogP contribution in [0.2, 0.25) is 0 Å². The van der Waals surface area contributed by atoms with Crippen molar-refractivity contribution in [2.45, 2.75) is 324 Å². The first-order valence-electron chi connectivity index (χ1n) is 36.3. The number of carbonyl (C=O) groups excluding carboxylic acids is 1. The highest BCUT2D eigenvalue weighted by atomic mass is 16.8. The molecule has 3 fully saturated rings. The Morgan fingerprint density at radius 3 is 1.18 bits per heavy atom. The average molecular weight is 1340 g/mol. The van der Waals surface area contributed by atoms with Gasteiger partial charge in [-0.2, -0.15) is 0 Å². The molecule has 3 aliphatic heterocycles. The van der Waals surface area contributed by atoms with E-state index in [1.165, 1.54) is 103 Å². The van der Waals surface area contributed by atoms with Crippen LogP contribution >= 0.6 is 0 Å². The van der Waals surface area contributed by atoms with Crippen LogP contribution in [0, 0.1) is 0 Å². The molecule has 17 unspecified atom stereocenters. The van der Waals surface area contributed by atoms with Crippen molar-refractivity contribution in [2.24, 2.45) is 0 Å². The fourth-order valence-corrected chi connectivity index (χ4v) is 11.4. The second-order valence-electron chi connectivity index (χ2n) is 25.3. The van der Waals surface area contributed by atoms with Gasteiger partial charge in [0.15, 0.2) is 18.9 Å². The van der Waals surface area contributed by atoms with E-state index >= 15 is 0 Å². The highest BCUT2D eigenvalue weighted by molar-refractivity contribution is 5.76. The van der Waals surface area contributed by atoms with Gasteiger partial charge in [0.2, 0.25) is 5.91 Å². The minimum atomic E-state index is -1.99. The van der Waals surface area contributed by atoms with Gasteiger partial charge >= 0.3 is 0 Å². The third-order valence-corrected chi connectivity index (χ3v) is 17.2. The summed E-state index contributed by atoms with van der Waals surface area (Å²) in [7, 11) is 0. The monoisotopic (exact) mass is 1340 g/mol. The number of ether oxygens (including phenoxy) is 6. The first-order valence-corrected chi connectivity index (χ1v) is 36.3. The lowest BCUT2D eigenvalue weighted by atomic mass is 9.96. The summed E-state index contributed by atoms with van der Waals surface area (Å²) in [5.74, 6) is -0.332. The van der Waals surface area contributed by atoms with Crippen molar-refractivity contribution in [1.29, 1.82) is 0 Å². The number of aliphatic hydroxyl groups is 11. The molecule has 3 heterocycles. The van der Waals surface area contributed by atoms with Crippen LogP contribution in [-0.4, -0.2) is 193 Å².